The molecule has 1 aliphatic rings. The molecule has 0 saturated heterocycles. The predicted molar refractivity (Wildman–Crippen MR) is 111 cm³/mol. The van der Waals surface area contributed by atoms with Crippen LogP contribution in [0, 0.1) is 0 Å². The highest BCUT2D eigenvalue weighted by atomic mass is 79.9. The first kappa shape index (κ1) is 20.1. The molecule has 6 nitrogen and oxygen atoms in total. The number of halogens is 1. The van der Waals surface area contributed by atoms with Gasteiger partial charge in [0.15, 0.2) is 0 Å². The van der Waals surface area contributed by atoms with Crippen molar-refractivity contribution in [3.8, 4) is 5.75 Å². The summed E-state index contributed by atoms with van der Waals surface area (Å²) < 4.78 is 6.56. The lowest BCUT2D eigenvalue weighted by Crippen LogP contribution is -2.47. The molecule has 28 heavy (non-hydrogen) atoms. The molecule has 1 aliphatic heterocycles. The van der Waals surface area contributed by atoms with Gasteiger partial charge in [0.25, 0.3) is 5.91 Å². The molecule has 146 valence electrons. The van der Waals surface area contributed by atoms with E-state index in [1.807, 2.05) is 24.3 Å². The molecular formula is C21H22BrN3O3. The molecule has 1 atom stereocenters. The van der Waals surface area contributed by atoms with Crippen molar-refractivity contribution in [3.05, 3.63) is 64.1 Å². The van der Waals surface area contributed by atoms with Crippen molar-refractivity contribution in [1.29, 1.82) is 0 Å². The average molecular weight is 444 g/mol. The number of hydrogen-bond donors (Lipinski definition) is 2. The van der Waals surface area contributed by atoms with E-state index in [-0.39, 0.29) is 30.2 Å². The summed E-state index contributed by atoms with van der Waals surface area (Å²) in [7, 11) is 0. The molecule has 3 rings (SSSR count). The molecule has 0 bridgehead atoms. The Morgan fingerprint density at radius 1 is 1.21 bits per heavy atom. The van der Waals surface area contributed by atoms with Gasteiger partial charge in [-0.05, 0) is 48.4 Å². The molecule has 0 radical (unpaired) electrons. The van der Waals surface area contributed by atoms with Gasteiger partial charge < -0.3 is 4.74 Å². The van der Waals surface area contributed by atoms with Crippen LogP contribution in [0.15, 0.2) is 58.0 Å². The highest BCUT2D eigenvalue weighted by molar-refractivity contribution is 9.10. The quantitative estimate of drug-likeness (QED) is 0.662. The monoisotopic (exact) mass is 443 g/mol. The standard InChI is InChI=1S/C21H22BrN3O3/c1-2-3-12-28-17-10-6-15(7-11-17)20(27)25-21-23-18(13-19(26)24-21)14-4-8-16(22)9-5-14/h4-11,18H,2-3,12-13H2,1H3,(H2,23,24,25,26,27)/t18-/m1/s1. The first-order valence-electron chi connectivity index (χ1n) is 9.22. The van der Waals surface area contributed by atoms with Crippen LogP contribution in [0.1, 0.15) is 48.1 Å². The Morgan fingerprint density at radius 2 is 1.93 bits per heavy atom. The zero-order valence-corrected chi connectivity index (χ0v) is 17.2. The van der Waals surface area contributed by atoms with E-state index in [0.29, 0.717) is 12.2 Å². The summed E-state index contributed by atoms with van der Waals surface area (Å²) >= 11 is 3.39. The number of carbonyl (C=O) groups excluding carboxylic acids is 2. The molecule has 0 saturated carbocycles. The van der Waals surface area contributed by atoms with Gasteiger partial charge in [-0.1, -0.05) is 41.4 Å². The third kappa shape index (κ3) is 5.42. The Bertz CT molecular complexity index is 863. The summed E-state index contributed by atoms with van der Waals surface area (Å²) in [5, 5.41) is 5.30. The summed E-state index contributed by atoms with van der Waals surface area (Å²) in [5.74, 6) is 0.370. The number of unbranched alkanes of at least 4 members (excludes halogenated alkanes) is 1. The van der Waals surface area contributed by atoms with Gasteiger partial charge in [-0.3, -0.25) is 20.2 Å². The summed E-state index contributed by atoms with van der Waals surface area (Å²) in [6.07, 6.45) is 2.29. The minimum absolute atomic E-state index is 0.164. The smallest absolute Gasteiger partial charge is 0.257 e. The van der Waals surface area contributed by atoms with Gasteiger partial charge in [0.1, 0.15) is 5.75 Å². The van der Waals surface area contributed by atoms with Gasteiger partial charge in [0.2, 0.25) is 11.9 Å². The van der Waals surface area contributed by atoms with Crippen LogP contribution in [0.25, 0.3) is 0 Å². The van der Waals surface area contributed by atoms with E-state index in [9.17, 15) is 9.59 Å². The number of aliphatic imine (C=N–C) groups is 1. The summed E-state index contributed by atoms with van der Waals surface area (Å²) in [6, 6.07) is 14.2. The van der Waals surface area contributed by atoms with Gasteiger partial charge in [0.05, 0.1) is 19.1 Å². The Kier molecular flexibility index (Phi) is 6.81. The van der Waals surface area contributed by atoms with Crippen LogP contribution in [-0.4, -0.2) is 24.4 Å². The number of benzene rings is 2. The SMILES string of the molecule is CCCCOc1ccc(C(=O)NC2=N[C@@H](c3ccc(Br)cc3)CC(=O)N2)cc1. The fourth-order valence-corrected chi connectivity index (χ4v) is 3.01. The van der Waals surface area contributed by atoms with Crippen molar-refractivity contribution in [1.82, 2.24) is 10.6 Å². The molecule has 2 N–H and O–H groups in total. The molecular weight excluding hydrogens is 422 g/mol. The predicted octanol–water partition coefficient (Wildman–Crippen LogP) is 3.98. The molecule has 2 aromatic rings. The van der Waals surface area contributed by atoms with Crippen LogP contribution >= 0.6 is 15.9 Å². The number of ether oxygens (including phenoxy) is 1. The van der Waals surface area contributed by atoms with E-state index in [0.717, 1.165) is 28.6 Å². The van der Waals surface area contributed by atoms with Crippen molar-refractivity contribution in [2.45, 2.75) is 32.2 Å². The first-order chi connectivity index (χ1) is 13.5. The maximum absolute atomic E-state index is 12.5. The lowest BCUT2D eigenvalue weighted by molar-refractivity contribution is -0.120. The van der Waals surface area contributed by atoms with Gasteiger partial charge in [-0.15, -0.1) is 0 Å². The van der Waals surface area contributed by atoms with E-state index < -0.39 is 0 Å². The first-order valence-corrected chi connectivity index (χ1v) is 10.0. The third-order valence-electron chi connectivity index (χ3n) is 4.29. The Balaban J connectivity index is 1.66. The Hall–Kier alpha value is -2.67. The number of carbonyl (C=O) groups is 2. The van der Waals surface area contributed by atoms with E-state index in [4.69, 9.17) is 4.74 Å². The number of nitrogens with one attached hydrogen (secondary N) is 2. The average Bonchev–Trinajstić information content (AvgIpc) is 2.69. The van der Waals surface area contributed by atoms with E-state index in [2.05, 4.69) is 38.5 Å². The fraction of sp³-hybridized carbons (Fsp3) is 0.286. The Labute approximate surface area is 172 Å². The summed E-state index contributed by atoms with van der Waals surface area (Å²) in [4.78, 5) is 29.0. The molecule has 2 aromatic carbocycles. The number of amides is 2. The maximum atomic E-state index is 12.5. The second-order valence-electron chi connectivity index (χ2n) is 6.48. The third-order valence-corrected chi connectivity index (χ3v) is 4.82. The topological polar surface area (TPSA) is 79.8 Å². The number of rotatable bonds is 6. The second kappa shape index (κ2) is 9.50. The molecule has 0 aliphatic carbocycles. The van der Waals surface area contributed by atoms with E-state index in [1.165, 1.54) is 0 Å². The Morgan fingerprint density at radius 3 is 2.61 bits per heavy atom. The lowest BCUT2D eigenvalue weighted by Gasteiger charge is -2.21. The van der Waals surface area contributed by atoms with Gasteiger partial charge in [0, 0.05) is 10.0 Å². The second-order valence-corrected chi connectivity index (χ2v) is 7.39. The highest BCUT2D eigenvalue weighted by Gasteiger charge is 2.23. The number of hydrogen-bond acceptors (Lipinski definition) is 4. The highest BCUT2D eigenvalue weighted by Crippen LogP contribution is 2.25. The molecule has 1 heterocycles. The minimum atomic E-state index is -0.337. The van der Waals surface area contributed by atoms with Crippen LogP contribution in [0.4, 0.5) is 0 Å². The largest absolute Gasteiger partial charge is 0.494 e. The molecule has 7 heteroatoms. The lowest BCUT2D eigenvalue weighted by atomic mass is 10.0. The van der Waals surface area contributed by atoms with Gasteiger partial charge in [-0.2, -0.15) is 0 Å². The van der Waals surface area contributed by atoms with Crippen molar-refractivity contribution in [2.75, 3.05) is 6.61 Å². The summed E-state index contributed by atoms with van der Waals surface area (Å²) in [6.45, 7) is 2.76. The zero-order chi connectivity index (χ0) is 19.9. The van der Waals surface area contributed by atoms with E-state index in [1.54, 1.807) is 24.3 Å². The molecule has 0 aromatic heterocycles. The van der Waals surface area contributed by atoms with Crippen molar-refractivity contribution in [3.63, 3.8) is 0 Å². The van der Waals surface area contributed by atoms with Crippen molar-refractivity contribution >= 4 is 33.7 Å². The van der Waals surface area contributed by atoms with Crippen LogP contribution in [0.3, 0.4) is 0 Å². The molecule has 0 spiro atoms. The molecule has 0 unspecified atom stereocenters. The van der Waals surface area contributed by atoms with Crippen LogP contribution in [-0.2, 0) is 4.79 Å². The number of nitrogens with zero attached hydrogens (tertiary/aromatic N) is 1. The molecule has 0 fully saturated rings. The zero-order valence-electron chi connectivity index (χ0n) is 15.6. The van der Waals surface area contributed by atoms with Gasteiger partial charge >= 0.3 is 0 Å². The normalized spacial score (nSPS) is 16.1. The van der Waals surface area contributed by atoms with Gasteiger partial charge in [-0.25, -0.2) is 4.99 Å². The number of guanidine groups is 1. The summed E-state index contributed by atoms with van der Waals surface area (Å²) in [5.41, 5.74) is 1.38. The van der Waals surface area contributed by atoms with E-state index >= 15 is 0 Å². The fourth-order valence-electron chi connectivity index (χ4n) is 2.75. The van der Waals surface area contributed by atoms with Crippen LogP contribution in [0.5, 0.6) is 5.75 Å². The molecule has 2 amide bonds. The van der Waals surface area contributed by atoms with Crippen molar-refractivity contribution < 1.29 is 14.3 Å². The minimum Gasteiger partial charge on any atom is -0.494 e. The van der Waals surface area contributed by atoms with Crippen LogP contribution in [0.2, 0.25) is 0 Å². The van der Waals surface area contributed by atoms with Crippen LogP contribution < -0.4 is 15.4 Å². The maximum Gasteiger partial charge on any atom is 0.257 e. The van der Waals surface area contributed by atoms with Crippen molar-refractivity contribution in [2.24, 2.45) is 4.99 Å².